The van der Waals surface area contributed by atoms with Crippen LogP contribution in [0.2, 0.25) is 0 Å². The molecule has 0 spiro atoms. The normalized spacial score (nSPS) is 10.9. The van der Waals surface area contributed by atoms with Crippen LogP contribution in [0.15, 0.2) is 36.4 Å². The van der Waals surface area contributed by atoms with Crippen molar-refractivity contribution in [2.75, 3.05) is 38.7 Å². The standard InChI is InChI=1S/C23H29N3O2S.ClH/c1-16-7-11-19(12-8-16)28-15-20(27)26(14-6-13-25(4)5)23-24-21-17(2)9-10-18(3)22(21)29-23;/h7-12H,6,13-15H2,1-5H3;1H. The van der Waals surface area contributed by atoms with Crippen molar-refractivity contribution in [2.45, 2.75) is 27.2 Å². The van der Waals surface area contributed by atoms with Gasteiger partial charge in [0, 0.05) is 6.54 Å². The summed E-state index contributed by atoms with van der Waals surface area (Å²) in [5.41, 5.74) is 4.46. The molecule has 1 aromatic heterocycles. The van der Waals surface area contributed by atoms with Crippen molar-refractivity contribution in [2.24, 2.45) is 0 Å². The zero-order valence-corrected chi connectivity index (χ0v) is 19.9. The number of benzene rings is 2. The van der Waals surface area contributed by atoms with Crippen LogP contribution in [0.25, 0.3) is 10.2 Å². The van der Waals surface area contributed by atoms with E-state index in [9.17, 15) is 4.79 Å². The first-order valence-corrected chi connectivity index (χ1v) is 10.7. The van der Waals surface area contributed by atoms with E-state index in [-0.39, 0.29) is 24.9 Å². The summed E-state index contributed by atoms with van der Waals surface area (Å²) in [5, 5.41) is 0.744. The zero-order chi connectivity index (χ0) is 21.0. The van der Waals surface area contributed by atoms with Crippen LogP contribution in [0.4, 0.5) is 5.13 Å². The second-order valence-corrected chi connectivity index (χ2v) is 8.65. The number of halogens is 1. The third-order valence-electron chi connectivity index (χ3n) is 4.83. The van der Waals surface area contributed by atoms with E-state index in [1.807, 2.05) is 45.3 Å². The lowest BCUT2D eigenvalue weighted by atomic mass is 10.1. The van der Waals surface area contributed by atoms with Gasteiger partial charge in [0.05, 0.1) is 10.2 Å². The molecule has 3 rings (SSSR count). The molecule has 162 valence electrons. The number of nitrogens with zero attached hydrogens (tertiary/aromatic N) is 3. The lowest BCUT2D eigenvalue weighted by Crippen LogP contribution is -2.36. The fraction of sp³-hybridized carbons (Fsp3) is 0.391. The van der Waals surface area contributed by atoms with Crippen molar-refractivity contribution >= 4 is 45.0 Å². The first-order chi connectivity index (χ1) is 13.8. The van der Waals surface area contributed by atoms with E-state index in [0.29, 0.717) is 12.3 Å². The zero-order valence-electron chi connectivity index (χ0n) is 18.3. The van der Waals surface area contributed by atoms with Gasteiger partial charge in [-0.05, 0) is 71.1 Å². The van der Waals surface area contributed by atoms with Crippen LogP contribution in [0.3, 0.4) is 0 Å². The molecular weight excluding hydrogens is 418 g/mol. The summed E-state index contributed by atoms with van der Waals surface area (Å²) in [4.78, 5) is 21.8. The number of aromatic nitrogens is 1. The highest BCUT2D eigenvalue weighted by Gasteiger charge is 2.21. The quantitative estimate of drug-likeness (QED) is 0.487. The summed E-state index contributed by atoms with van der Waals surface area (Å²) < 4.78 is 6.89. The number of hydrogen-bond acceptors (Lipinski definition) is 5. The summed E-state index contributed by atoms with van der Waals surface area (Å²) >= 11 is 1.58. The summed E-state index contributed by atoms with van der Waals surface area (Å²) in [6, 6.07) is 11.9. The largest absolute Gasteiger partial charge is 0.484 e. The summed E-state index contributed by atoms with van der Waals surface area (Å²) in [7, 11) is 4.08. The summed E-state index contributed by atoms with van der Waals surface area (Å²) in [6.45, 7) is 7.70. The molecule has 0 bridgehead atoms. The molecule has 3 aromatic rings. The van der Waals surface area contributed by atoms with Crippen molar-refractivity contribution in [1.82, 2.24) is 9.88 Å². The van der Waals surface area contributed by atoms with Crippen molar-refractivity contribution in [3.63, 3.8) is 0 Å². The fourth-order valence-electron chi connectivity index (χ4n) is 3.09. The van der Waals surface area contributed by atoms with E-state index in [4.69, 9.17) is 9.72 Å². The van der Waals surface area contributed by atoms with Gasteiger partial charge >= 0.3 is 0 Å². The van der Waals surface area contributed by atoms with Crippen LogP contribution in [0.5, 0.6) is 5.75 Å². The van der Waals surface area contributed by atoms with E-state index >= 15 is 0 Å². The topological polar surface area (TPSA) is 45.7 Å². The highest BCUT2D eigenvalue weighted by Crippen LogP contribution is 2.33. The lowest BCUT2D eigenvalue weighted by molar-refractivity contribution is -0.120. The van der Waals surface area contributed by atoms with Gasteiger partial charge in [-0.25, -0.2) is 4.98 Å². The van der Waals surface area contributed by atoms with E-state index in [1.54, 1.807) is 16.2 Å². The van der Waals surface area contributed by atoms with Gasteiger partial charge in [0.2, 0.25) is 0 Å². The maximum Gasteiger partial charge on any atom is 0.266 e. The number of amides is 1. The Hall–Kier alpha value is -2.15. The molecule has 0 unspecified atom stereocenters. The first kappa shape index (κ1) is 24.1. The Morgan fingerprint density at radius 1 is 1.00 bits per heavy atom. The maximum absolute atomic E-state index is 13.1. The number of ether oxygens (including phenoxy) is 1. The van der Waals surface area contributed by atoms with Crippen LogP contribution in [0.1, 0.15) is 23.1 Å². The lowest BCUT2D eigenvalue weighted by Gasteiger charge is -2.21. The number of aryl methyl sites for hydroxylation is 3. The Kier molecular flexibility index (Phi) is 8.65. The molecule has 2 aromatic carbocycles. The Labute approximate surface area is 189 Å². The van der Waals surface area contributed by atoms with Crippen LogP contribution in [-0.4, -0.2) is 49.6 Å². The van der Waals surface area contributed by atoms with Gasteiger partial charge in [-0.15, -0.1) is 12.4 Å². The third kappa shape index (κ3) is 5.94. The molecule has 0 aliphatic carbocycles. The van der Waals surface area contributed by atoms with Crippen LogP contribution in [-0.2, 0) is 4.79 Å². The predicted octanol–water partition coefficient (Wildman–Crippen LogP) is 5.01. The molecule has 0 aliphatic heterocycles. The number of anilines is 1. The maximum atomic E-state index is 13.1. The Morgan fingerprint density at radius 2 is 1.67 bits per heavy atom. The Bertz CT molecular complexity index is 947. The van der Waals surface area contributed by atoms with Crippen LogP contribution < -0.4 is 9.64 Å². The molecule has 1 heterocycles. The smallest absolute Gasteiger partial charge is 0.266 e. The van der Waals surface area contributed by atoms with Crippen molar-refractivity contribution < 1.29 is 9.53 Å². The first-order valence-electron chi connectivity index (χ1n) is 9.86. The summed E-state index contributed by atoms with van der Waals surface area (Å²) in [6.07, 6.45) is 0.872. The second kappa shape index (κ2) is 10.8. The van der Waals surface area contributed by atoms with E-state index < -0.39 is 0 Å². The molecule has 0 saturated heterocycles. The van der Waals surface area contributed by atoms with Gasteiger partial charge in [-0.3, -0.25) is 9.69 Å². The molecule has 0 aliphatic rings. The second-order valence-electron chi connectivity index (χ2n) is 7.68. The predicted molar refractivity (Wildman–Crippen MR) is 129 cm³/mol. The number of rotatable bonds is 8. The summed E-state index contributed by atoms with van der Waals surface area (Å²) in [5.74, 6) is 0.631. The van der Waals surface area contributed by atoms with E-state index in [0.717, 1.165) is 39.4 Å². The average Bonchev–Trinajstić information content (AvgIpc) is 3.14. The Balaban J connectivity index is 0.00000320. The fourth-order valence-corrected chi connectivity index (χ4v) is 4.25. The SMILES string of the molecule is Cc1ccc(OCC(=O)N(CCCN(C)C)c2nc3c(C)ccc(C)c3s2)cc1.Cl. The average molecular weight is 448 g/mol. The number of carbonyl (C=O) groups excluding carboxylic acids is 1. The third-order valence-corrected chi connectivity index (χ3v) is 6.05. The van der Waals surface area contributed by atoms with Gasteiger partial charge in [0.1, 0.15) is 5.75 Å². The minimum absolute atomic E-state index is 0. The number of hydrogen-bond donors (Lipinski definition) is 0. The number of carbonyl (C=O) groups is 1. The molecule has 0 saturated carbocycles. The van der Waals surface area contributed by atoms with Gasteiger partial charge in [-0.1, -0.05) is 41.2 Å². The minimum Gasteiger partial charge on any atom is -0.484 e. The van der Waals surface area contributed by atoms with Gasteiger partial charge in [0.15, 0.2) is 11.7 Å². The molecular formula is C23H30ClN3O2S. The highest BCUT2D eigenvalue weighted by molar-refractivity contribution is 7.22. The van der Waals surface area contributed by atoms with Crippen molar-refractivity contribution in [3.05, 3.63) is 53.1 Å². The molecule has 30 heavy (non-hydrogen) atoms. The Morgan fingerprint density at radius 3 is 2.30 bits per heavy atom. The van der Waals surface area contributed by atoms with Gasteiger partial charge in [-0.2, -0.15) is 0 Å². The van der Waals surface area contributed by atoms with E-state index in [1.165, 1.54) is 5.56 Å². The van der Waals surface area contributed by atoms with Crippen LogP contribution >= 0.6 is 23.7 Å². The van der Waals surface area contributed by atoms with Crippen molar-refractivity contribution in [1.29, 1.82) is 0 Å². The highest BCUT2D eigenvalue weighted by atomic mass is 35.5. The number of thiazole rings is 1. The van der Waals surface area contributed by atoms with Gasteiger partial charge in [0.25, 0.3) is 5.91 Å². The number of fused-ring (bicyclic) bond motifs is 1. The van der Waals surface area contributed by atoms with Crippen molar-refractivity contribution in [3.8, 4) is 5.75 Å². The molecule has 1 amide bonds. The van der Waals surface area contributed by atoms with Crippen LogP contribution in [0, 0.1) is 20.8 Å². The molecule has 0 radical (unpaired) electrons. The van der Waals surface area contributed by atoms with Gasteiger partial charge < -0.3 is 9.64 Å². The molecule has 0 fully saturated rings. The monoisotopic (exact) mass is 447 g/mol. The van der Waals surface area contributed by atoms with E-state index in [2.05, 4.69) is 30.9 Å². The molecule has 5 nitrogen and oxygen atoms in total. The molecule has 0 N–H and O–H groups in total. The molecule has 0 atom stereocenters. The minimum atomic E-state index is -0.0707. The molecule has 7 heteroatoms.